The quantitative estimate of drug-likeness (QED) is 0.828. The summed E-state index contributed by atoms with van der Waals surface area (Å²) < 4.78 is 2.61. The van der Waals surface area contributed by atoms with Crippen LogP contribution in [0.1, 0.15) is 43.1 Å². The van der Waals surface area contributed by atoms with Crippen LogP contribution in [0.3, 0.4) is 0 Å². The average Bonchev–Trinajstić information content (AvgIpc) is 3.03. The van der Waals surface area contributed by atoms with E-state index >= 15 is 0 Å². The van der Waals surface area contributed by atoms with Gasteiger partial charge >= 0.3 is 0 Å². The molecule has 1 heterocycles. The van der Waals surface area contributed by atoms with Crippen LogP contribution in [0.4, 0.5) is 0 Å². The maximum Gasteiger partial charge on any atom is 0.273 e. The average molecular weight is 373 g/mol. The molecule has 0 saturated heterocycles. The summed E-state index contributed by atoms with van der Waals surface area (Å²) in [6.45, 7) is 2.15. The van der Waals surface area contributed by atoms with Crippen LogP contribution < -0.4 is 5.32 Å². The molecule has 1 amide bonds. The first-order valence-electron chi connectivity index (χ1n) is 7.04. The van der Waals surface area contributed by atoms with E-state index < -0.39 is 0 Å². The number of nitrogens with one attached hydrogen (secondary N) is 1. The normalized spacial score (nSPS) is 30.6. The molecule has 5 heteroatoms. The highest BCUT2D eigenvalue weighted by Gasteiger charge is 2.42. The number of aryl methyl sites for hydroxylation is 1. The van der Waals surface area contributed by atoms with Crippen molar-refractivity contribution < 1.29 is 4.79 Å². The Hall–Kier alpha value is -0.590. The summed E-state index contributed by atoms with van der Waals surface area (Å²) in [7, 11) is 1.85. The molecule has 0 unspecified atom stereocenters. The third kappa shape index (κ3) is 2.53. The molecule has 0 spiro atoms. The molecule has 19 heavy (non-hydrogen) atoms. The second-order valence-corrected chi connectivity index (χ2v) is 7.26. The zero-order valence-electron chi connectivity index (χ0n) is 11.4. The van der Waals surface area contributed by atoms with Crippen LogP contribution in [0, 0.1) is 21.3 Å². The highest BCUT2D eigenvalue weighted by atomic mass is 127. The Morgan fingerprint density at radius 3 is 2.84 bits per heavy atom. The third-order valence-corrected chi connectivity index (χ3v) is 5.58. The van der Waals surface area contributed by atoms with Crippen molar-refractivity contribution in [2.24, 2.45) is 24.8 Å². The van der Waals surface area contributed by atoms with Gasteiger partial charge in [0.15, 0.2) is 5.69 Å². The van der Waals surface area contributed by atoms with Gasteiger partial charge in [-0.25, -0.2) is 0 Å². The fourth-order valence-corrected chi connectivity index (χ4v) is 4.66. The summed E-state index contributed by atoms with van der Waals surface area (Å²) in [5, 5.41) is 7.39. The monoisotopic (exact) mass is 373 g/mol. The van der Waals surface area contributed by atoms with Crippen molar-refractivity contribution in [3.63, 3.8) is 0 Å². The van der Waals surface area contributed by atoms with E-state index in [-0.39, 0.29) is 11.9 Å². The van der Waals surface area contributed by atoms with Crippen molar-refractivity contribution >= 4 is 28.5 Å². The number of carbonyl (C=O) groups is 1. The molecule has 1 N–H and O–H groups in total. The molecular weight excluding hydrogens is 353 g/mol. The van der Waals surface area contributed by atoms with E-state index in [0.717, 1.165) is 15.4 Å². The lowest BCUT2D eigenvalue weighted by atomic mass is 9.84. The van der Waals surface area contributed by atoms with Crippen molar-refractivity contribution in [3.8, 4) is 0 Å². The molecule has 2 saturated carbocycles. The lowest BCUT2D eigenvalue weighted by Crippen LogP contribution is -2.40. The van der Waals surface area contributed by atoms with Gasteiger partial charge < -0.3 is 5.32 Å². The van der Waals surface area contributed by atoms with E-state index in [1.807, 2.05) is 13.2 Å². The topological polar surface area (TPSA) is 46.9 Å². The summed E-state index contributed by atoms with van der Waals surface area (Å²) >= 11 is 2.17. The summed E-state index contributed by atoms with van der Waals surface area (Å²) in [5.41, 5.74) is 0.554. The van der Waals surface area contributed by atoms with Crippen LogP contribution in [0.5, 0.6) is 0 Å². The van der Waals surface area contributed by atoms with Gasteiger partial charge in [-0.2, -0.15) is 5.10 Å². The van der Waals surface area contributed by atoms with Gasteiger partial charge in [0.05, 0.1) is 3.57 Å². The first-order chi connectivity index (χ1) is 9.04. The number of hydrogen-bond donors (Lipinski definition) is 1. The van der Waals surface area contributed by atoms with Crippen LogP contribution in [0.15, 0.2) is 6.20 Å². The summed E-state index contributed by atoms with van der Waals surface area (Å²) in [5.74, 6) is 2.40. The van der Waals surface area contributed by atoms with Gasteiger partial charge in [0, 0.05) is 19.3 Å². The molecule has 4 nitrogen and oxygen atoms in total. The van der Waals surface area contributed by atoms with Crippen molar-refractivity contribution in [2.75, 3.05) is 0 Å². The summed E-state index contributed by atoms with van der Waals surface area (Å²) in [6.07, 6.45) is 7.31. The molecule has 3 rings (SSSR count). The first kappa shape index (κ1) is 13.4. The summed E-state index contributed by atoms with van der Waals surface area (Å²) in [6, 6.07) is 0.264. The van der Waals surface area contributed by atoms with Crippen LogP contribution in [0.2, 0.25) is 0 Å². The van der Waals surface area contributed by atoms with Gasteiger partial charge in [-0.1, -0.05) is 6.42 Å². The van der Waals surface area contributed by atoms with Gasteiger partial charge in [0.2, 0.25) is 0 Å². The number of nitrogens with zero attached hydrogens (tertiary/aromatic N) is 2. The van der Waals surface area contributed by atoms with Gasteiger partial charge in [-0.15, -0.1) is 0 Å². The maximum atomic E-state index is 12.3. The van der Waals surface area contributed by atoms with Crippen LogP contribution in [-0.4, -0.2) is 21.7 Å². The lowest BCUT2D eigenvalue weighted by molar-refractivity contribution is 0.0908. The highest BCUT2D eigenvalue weighted by Crippen LogP contribution is 2.49. The maximum absolute atomic E-state index is 12.3. The molecule has 0 aliphatic heterocycles. The van der Waals surface area contributed by atoms with Crippen molar-refractivity contribution in [3.05, 3.63) is 15.5 Å². The zero-order valence-corrected chi connectivity index (χ0v) is 13.6. The van der Waals surface area contributed by atoms with E-state index in [4.69, 9.17) is 0 Å². The minimum atomic E-state index is -0.0275. The smallest absolute Gasteiger partial charge is 0.273 e. The molecular formula is C14H20IN3O. The number of rotatable bonds is 3. The van der Waals surface area contributed by atoms with Gasteiger partial charge in [0.25, 0.3) is 5.91 Å². The van der Waals surface area contributed by atoms with E-state index in [2.05, 4.69) is 39.9 Å². The van der Waals surface area contributed by atoms with Crippen LogP contribution in [-0.2, 0) is 7.05 Å². The molecule has 2 aliphatic rings. The Morgan fingerprint density at radius 1 is 1.53 bits per heavy atom. The van der Waals surface area contributed by atoms with Crippen LogP contribution in [0.25, 0.3) is 0 Å². The SMILES string of the molecule is C[C@H](NC(=O)c1nn(C)cc1I)[C@@H]1C[C@H]2CC[C@H]1C2. The lowest BCUT2D eigenvalue weighted by Gasteiger charge is -2.28. The van der Waals surface area contributed by atoms with Gasteiger partial charge in [-0.05, 0) is 66.5 Å². The summed E-state index contributed by atoms with van der Waals surface area (Å²) in [4.78, 5) is 12.3. The van der Waals surface area contributed by atoms with Crippen molar-refractivity contribution in [2.45, 2.75) is 38.6 Å². The molecule has 1 aromatic rings. The Kier molecular flexibility index (Phi) is 3.57. The molecule has 0 aromatic carbocycles. The molecule has 4 atom stereocenters. The van der Waals surface area contributed by atoms with E-state index in [1.54, 1.807) is 4.68 Å². The molecule has 1 aromatic heterocycles. The van der Waals surface area contributed by atoms with E-state index in [0.29, 0.717) is 11.6 Å². The van der Waals surface area contributed by atoms with E-state index in [1.165, 1.54) is 25.7 Å². The Bertz CT molecular complexity index is 499. The Labute approximate surface area is 127 Å². The number of amides is 1. The second-order valence-electron chi connectivity index (χ2n) is 6.10. The Balaban J connectivity index is 1.65. The van der Waals surface area contributed by atoms with Gasteiger partial charge in [-0.3, -0.25) is 9.48 Å². The zero-order chi connectivity index (χ0) is 13.6. The second kappa shape index (κ2) is 5.07. The molecule has 2 aliphatic carbocycles. The fraction of sp³-hybridized carbons (Fsp3) is 0.714. The predicted octanol–water partition coefficient (Wildman–Crippen LogP) is 2.58. The number of halogens is 1. The minimum Gasteiger partial charge on any atom is -0.348 e. The molecule has 2 bridgehead atoms. The first-order valence-corrected chi connectivity index (χ1v) is 8.12. The Morgan fingerprint density at radius 2 is 2.32 bits per heavy atom. The van der Waals surface area contributed by atoms with Gasteiger partial charge in [0.1, 0.15) is 0 Å². The predicted molar refractivity (Wildman–Crippen MR) is 81.8 cm³/mol. The number of carbonyl (C=O) groups excluding carboxylic acids is 1. The number of fused-ring (bicyclic) bond motifs is 2. The molecule has 104 valence electrons. The van der Waals surface area contributed by atoms with Crippen LogP contribution >= 0.6 is 22.6 Å². The van der Waals surface area contributed by atoms with Crippen molar-refractivity contribution in [1.82, 2.24) is 15.1 Å². The fourth-order valence-electron chi connectivity index (χ4n) is 3.90. The largest absolute Gasteiger partial charge is 0.348 e. The standard InChI is InChI=1S/C14H20IN3O/c1-8(11-6-9-3-4-10(11)5-9)16-14(19)13-12(15)7-18(2)17-13/h7-11H,3-6H2,1-2H3,(H,16,19)/t8-,9-,10-,11-/m0/s1. The molecule has 0 radical (unpaired) electrons. The third-order valence-electron chi connectivity index (χ3n) is 4.79. The van der Waals surface area contributed by atoms with Crippen molar-refractivity contribution in [1.29, 1.82) is 0 Å². The highest BCUT2D eigenvalue weighted by molar-refractivity contribution is 14.1. The molecule has 2 fully saturated rings. The van der Waals surface area contributed by atoms with E-state index in [9.17, 15) is 4.79 Å². The minimum absolute atomic E-state index is 0.0275. The number of aromatic nitrogens is 2. The number of hydrogen-bond acceptors (Lipinski definition) is 2.